The first-order valence-corrected chi connectivity index (χ1v) is 7.44. The van der Waals surface area contributed by atoms with Crippen LogP contribution in [0.1, 0.15) is 24.4 Å². The van der Waals surface area contributed by atoms with Crippen molar-refractivity contribution in [3.63, 3.8) is 0 Å². The second-order valence-corrected chi connectivity index (χ2v) is 5.58. The summed E-state index contributed by atoms with van der Waals surface area (Å²) in [6.45, 7) is 0.731. The van der Waals surface area contributed by atoms with Gasteiger partial charge in [0.15, 0.2) is 0 Å². The van der Waals surface area contributed by atoms with E-state index in [1.165, 1.54) is 18.4 Å². The Morgan fingerprint density at radius 2 is 2.24 bits per heavy atom. The molecule has 1 N–H and O–H groups in total. The topological polar surface area (TPSA) is 80.2 Å². The highest BCUT2D eigenvalue weighted by Crippen LogP contribution is 2.32. The first-order valence-electron chi connectivity index (χ1n) is 6.63. The van der Waals surface area contributed by atoms with Crippen LogP contribution in [0.5, 0.6) is 5.19 Å². The van der Waals surface area contributed by atoms with Gasteiger partial charge in [0.1, 0.15) is 0 Å². The van der Waals surface area contributed by atoms with Crippen LogP contribution in [0, 0.1) is 0 Å². The molecule has 1 atom stereocenters. The summed E-state index contributed by atoms with van der Waals surface area (Å²) in [5.41, 5.74) is 1.10. The van der Waals surface area contributed by atoms with E-state index in [0.29, 0.717) is 10.3 Å². The van der Waals surface area contributed by atoms with Crippen molar-refractivity contribution in [1.82, 2.24) is 20.1 Å². The third-order valence-electron chi connectivity index (χ3n) is 3.40. The SMILES string of the molecule is COc1nnc(NC(=O)N2CCC[C@H]2c2ccncc2)s1. The van der Waals surface area contributed by atoms with Gasteiger partial charge < -0.3 is 9.64 Å². The Kier molecular flexibility index (Phi) is 3.96. The highest BCUT2D eigenvalue weighted by atomic mass is 32.1. The molecule has 1 aliphatic rings. The Labute approximate surface area is 126 Å². The summed E-state index contributed by atoms with van der Waals surface area (Å²) >= 11 is 1.20. The molecule has 7 nitrogen and oxygen atoms in total. The van der Waals surface area contributed by atoms with E-state index in [2.05, 4.69) is 20.5 Å². The minimum Gasteiger partial charge on any atom is -0.472 e. The first-order chi connectivity index (χ1) is 10.3. The van der Waals surface area contributed by atoms with Crippen LogP contribution >= 0.6 is 11.3 Å². The van der Waals surface area contributed by atoms with Crippen molar-refractivity contribution in [3.05, 3.63) is 30.1 Å². The summed E-state index contributed by atoms with van der Waals surface area (Å²) in [5.74, 6) is 0. The van der Waals surface area contributed by atoms with Crippen LogP contribution < -0.4 is 10.1 Å². The van der Waals surface area contributed by atoms with Gasteiger partial charge in [-0.3, -0.25) is 10.3 Å². The molecule has 3 heterocycles. The average molecular weight is 305 g/mol. The number of carbonyl (C=O) groups is 1. The van der Waals surface area contributed by atoms with Gasteiger partial charge in [0, 0.05) is 18.9 Å². The van der Waals surface area contributed by atoms with Crippen LogP contribution in [0.15, 0.2) is 24.5 Å². The first kappa shape index (κ1) is 13.7. The summed E-state index contributed by atoms with van der Waals surface area (Å²) in [5, 5.41) is 11.3. The standard InChI is InChI=1S/C13H15N5O2S/c1-20-13-17-16-11(21-13)15-12(19)18-8-2-3-10(18)9-4-6-14-7-5-9/h4-7,10H,2-3,8H2,1H3,(H,15,16,19)/t10-/m0/s1. The Morgan fingerprint density at radius 1 is 1.43 bits per heavy atom. The van der Waals surface area contributed by atoms with E-state index in [1.807, 2.05) is 17.0 Å². The number of methoxy groups -OCH3 is 1. The molecule has 110 valence electrons. The normalized spacial score (nSPS) is 17.8. The Hall–Kier alpha value is -2.22. The van der Waals surface area contributed by atoms with Gasteiger partial charge in [-0.15, -0.1) is 5.10 Å². The van der Waals surface area contributed by atoms with Crippen LogP contribution in [-0.2, 0) is 0 Å². The Morgan fingerprint density at radius 3 is 2.95 bits per heavy atom. The second kappa shape index (κ2) is 6.04. The number of aromatic nitrogens is 3. The van der Waals surface area contributed by atoms with Crippen LogP contribution in [0.4, 0.5) is 9.93 Å². The van der Waals surface area contributed by atoms with Crippen LogP contribution in [0.2, 0.25) is 0 Å². The van der Waals surface area contributed by atoms with Gasteiger partial charge >= 0.3 is 6.03 Å². The molecular weight excluding hydrogens is 290 g/mol. The number of amides is 2. The third kappa shape index (κ3) is 2.94. The molecule has 0 unspecified atom stereocenters. The zero-order valence-electron chi connectivity index (χ0n) is 11.5. The van der Waals surface area contributed by atoms with Crippen LogP contribution in [-0.4, -0.2) is 39.8 Å². The lowest BCUT2D eigenvalue weighted by Gasteiger charge is -2.24. The number of ether oxygens (including phenoxy) is 1. The lowest BCUT2D eigenvalue weighted by atomic mass is 10.1. The lowest BCUT2D eigenvalue weighted by Crippen LogP contribution is -2.34. The molecule has 0 saturated carbocycles. The van der Waals surface area contributed by atoms with E-state index in [9.17, 15) is 4.79 Å². The maximum atomic E-state index is 12.4. The average Bonchev–Trinajstić information content (AvgIpc) is 3.17. The predicted molar refractivity (Wildman–Crippen MR) is 78.4 cm³/mol. The molecular formula is C13H15N5O2S. The zero-order chi connectivity index (χ0) is 14.7. The number of carbonyl (C=O) groups excluding carboxylic acids is 1. The van der Waals surface area contributed by atoms with Gasteiger partial charge in [-0.2, -0.15) is 0 Å². The van der Waals surface area contributed by atoms with Crippen LogP contribution in [0.3, 0.4) is 0 Å². The molecule has 0 spiro atoms. The number of anilines is 1. The monoisotopic (exact) mass is 305 g/mol. The molecule has 8 heteroatoms. The lowest BCUT2D eigenvalue weighted by molar-refractivity contribution is 0.207. The molecule has 21 heavy (non-hydrogen) atoms. The van der Waals surface area contributed by atoms with E-state index >= 15 is 0 Å². The molecule has 0 aromatic carbocycles. The van der Waals surface area contributed by atoms with Crippen molar-refractivity contribution in [1.29, 1.82) is 0 Å². The quantitative estimate of drug-likeness (QED) is 0.941. The van der Waals surface area contributed by atoms with Gasteiger partial charge in [0.2, 0.25) is 5.13 Å². The Balaban J connectivity index is 1.71. The number of hydrogen-bond acceptors (Lipinski definition) is 6. The largest absolute Gasteiger partial charge is 0.472 e. The van der Waals surface area contributed by atoms with Gasteiger partial charge in [-0.1, -0.05) is 5.10 Å². The molecule has 0 bridgehead atoms. The van der Waals surface area contributed by atoms with Gasteiger partial charge in [-0.25, -0.2) is 4.79 Å². The fourth-order valence-corrected chi connectivity index (χ4v) is 3.00. The molecule has 0 aliphatic carbocycles. The number of rotatable bonds is 3. The number of pyridine rings is 1. The maximum Gasteiger partial charge on any atom is 0.324 e. The number of nitrogens with zero attached hydrogens (tertiary/aromatic N) is 4. The number of likely N-dealkylation sites (tertiary alicyclic amines) is 1. The molecule has 2 aromatic heterocycles. The molecule has 1 aliphatic heterocycles. The van der Waals surface area contributed by atoms with Crippen molar-refractivity contribution in [2.45, 2.75) is 18.9 Å². The minimum absolute atomic E-state index is 0.0859. The number of nitrogens with one attached hydrogen (secondary N) is 1. The van der Waals surface area contributed by atoms with Crippen molar-refractivity contribution in [2.75, 3.05) is 19.0 Å². The fraction of sp³-hybridized carbons (Fsp3) is 0.385. The van der Waals surface area contributed by atoms with Gasteiger partial charge in [0.25, 0.3) is 5.19 Å². The fourth-order valence-electron chi connectivity index (χ4n) is 2.45. The summed E-state index contributed by atoms with van der Waals surface area (Å²) in [6.07, 6.45) is 5.44. The van der Waals surface area contributed by atoms with E-state index in [1.54, 1.807) is 12.4 Å². The van der Waals surface area contributed by atoms with E-state index < -0.39 is 0 Å². The highest BCUT2D eigenvalue weighted by Gasteiger charge is 2.30. The van der Waals surface area contributed by atoms with Crippen molar-refractivity contribution < 1.29 is 9.53 Å². The summed E-state index contributed by atoms with van der Waals surface area (Å²) in [6, 6.07) is 3.82. The third-order valence-corrected chi connectivity index (χ3v) is 4.20. The Bertz CT molecular complexity index is 618. The summed E-state index contributed by atoms with van der Waals surface area (Å²) < 4.78 is 4.97. The zero-order valence-corrected chi connectivity index (χ0v) is 12.3. The van der Waals surface area contributed by atoms with E-state index in [0.717, 1.165) is 24.9 Å². The minimum atomic E-state index is -0.159. The molecule has 3 rings (SSSR count). The smallest absolute Gasteiger partial charge is 0.324 e. The molecule has 1 saturated heterocycles. The molecule has 1 fully saturated rings. The van der Waals surface area contributed by atoms with Crippen molar-refractivity contribution in [3.8, 4) is 5.19 Å². The number of hydrogen-bond donors (Lipinski definition) is 1. The summed E-state index contributed by atoms with van der Waals surface area (Å²) in [4.78, 5) is 18.2. The number of urea groups is 1. The van der Waals surface area contributed by atoms with Crippen molar-refractivity contribution in [2.24, 2.45) is 0 Å². The van der Waals surface area contributed by atoms with Crippen LogP contribution in [0.25, 0.3) is 0 Å². The predicted octanol–water partition coefficient (Wildman–Crippen LogP) is 2.31. The van der Waals surface area contributed by atoms with Crippen molar-refractivity contribution >= 4 is 22.5 Å². The maximum absolute atomic E-state index is 12.4. The highest BCUT2D eigenvalue weighted by molar-refractivity contribution is 7.17. The van der Waals surface area contributed by atoms with Gasteiger partial charge in [-0.05, 0) is 41.9 Å². The summed E-state index contributed by atoms with van der Waals surface area (Å²) in [7, 11) is 1.52. The van der Waals surface area contributed by atoms with Gasteiger partial charge in [0.05, 0.1) is 13.2 Å². The molecule has 0 radical (unpaired) electrons. The van der Waals surface area contributed by atoms with E-state index in [4.69, 9.17) is 4.74 Å². The second-order valence-electron chi connectivity index (χ2n) is 4.64. The van der Waals surface area contributed by atoms with E-state index in [-0.39, 0.29) is 12.1 Å². The molecule has 2 aromatic rings. The molecule has 2 amide bonds.